The van der Waals surface area contributed by atoms with Crippen LogP contribution in [-0.2, 0) is 20.7 Å². The first-order chi connectivity index (χ1) is 12.0. The highest BCUT2D eigenvalue weighted by atomic mass is 32.1. The van der Waals surface area contributed by atoms with E-state index < -0.39 is 17.4 Å². The Balaban J connectivity index is 1.43. The lowest BCUT2D eigenvalue weighted by Crippen LogP contribution is -2.48. The highest BCUT2D eigenvalue weighted by Gasteiger charge is 2.43. The molecule has 0 saturated heterocycles. The summed E-state index contributed by atoms with van der Waals surface area (Å²) in [5.41, 5.74) is 0.0518. The molecule has 1 aliphatic carbocycles. The minimum Gasteiger partial charge on any atom is -0.456 e. The lowest BCUT2D eigenvalue weighted by molar-refractivity contribution is -0.148. The third-order valence-electron chi connectivity index (χ3n) is 4.27. The average Bonchev–Trinajstić information content (AvgIpc) is 3.38. The SMILES string of the molecule is C[C@](C#N)(NC(=O)COC(=O)CCc1nc2ccccc2s1)C1CC1. The third kappa shape index (κ3) is 4.34. The molecular weight excluding hydrogens is 338 g/mol. The van der Waals surface area contributed by atoms with Crippen molar-refractivity contribution in [2.45, 2.75) is 38.1 Å². The van der Waals surface area contributed by atoms with Gasteiger partial charge in [0.25, 0.3) is 5.91 Å². The molecule has 1 aliphatic rings. The fourth-order valence-electron chi connectivity index (χ4n) is 2.66. The van der Waals surface area contributed by atoms with Crippen molar-refractivity contribution in [3.8, 4) is 6.07 Å². The molecule has 0 aliphatic heterocycles. The number of esters is 1. The van der Waals surface area contributed by atoms with E-state index in [0.29, 0.717) is 6.42 Å². The van der Waals surface area contributed by atoms with Gasteiger partial charge in [0, 0.05) is 6.42 Å². The molecule has 2 aromatic rings. The topological polar surface area (TPSA) is 92.1 Å². The van der Waals surface area contributed by atoms with E-state index >= 15 is 0 Å². The molecule has 0 radical (unpaired) electrons. The largest absolute Gasteiger partial charge is 0.456 e. The van der Waals surface area contributed by atoms with Crippen molar-refractivity contribution in [2.24, 2.45) is 5.92 Å². The molecule has 0 spiro atoms. The first-order valence-corrected chi connectivity index (χ1v) is 9.04. The van der Waals surface area contributed by atoms with E-state index in [1.54, 1.807) is 18.3 Å². The minimum absolute atomic E-state index is 0.172. The number of fused-ring (bicyclic) bond motifs is 1. The van der Waals surface area contributed by atoms with Gasteiger partial charge in [0.1, 0.15) is 5.54 Å². The van der Waals surface area contributed by atoms with Gasteiger partial charge < -0.3 is 10.1 Å². The Hall–Kier alpha value is -2.46. The summed E-state index contributed by atoms with van der Waals surface area (Å²) in [4.78, 5) is 28.2. The van der Waals surface area contributed by atoms with E-state index in [2.05, 4.69) is 16.4 Å². The Kier molecular flexibility index (Phi) is 5.00. The molecule has 1 amide bonds. The summed E-state index contributed by atoms with van der Waals surface area (Å²) in [5.74, 6) is -0.694. The number of nitrogens with one attached hydrogen (secondary N) is 1. The average molecular weight is 357 g/mol. The Morgan fingerprint density at radius 3 is 2.88 bits per heavy atom. The van der Waals surface area contributed by atoms with Gasteiger partial charge in [-0.25, -0.2) is 4.98 Å². The van der Waals surface area contributed by atoms with Gasteiger partial charge in [0.2, 0.25) is 0 Å². The van der Waals surface area contributed by atoms with Crippen LogP contribution in [0.4, 0.5) is 0 Å². The van der Waals surface area contributed by atoms with Gasteiger partial charge in [-0.2, -0.15) is 5.26 Å². The number of carbonyl (C=O) groups is 2. The second-order valence-corrected chi connectivity index (χ2v) is 7.49. The van der Waals surface area contributed by atoms with E-state index in [-0.39, 0.29) is 18.9 Å². The zero-order chi connectivity index (χ0) is 17.9. The zero-order valence-electron chi connectivity index (χ0n) is 13.9. The van der Waals surface area contributed by atoms with Gasteiger partial charge in [0.05, 0.1) is 27.7 Å². The summed E-state index contributed by atoms with van der Waals surface area (Å²) in [5, 5.41) is 12.7. The molecule has 0 bridgehead atoms. The Morgan fingerprint density at radius 1 is 1.44 bits per heavy atom. The maximum Gasteiger partial charge on any atom is 0.306 e. The summed E-state index contributed by atoms with van der Waals surface area (Å²) in [6.45, 7) is 1.35. The van der Waals surface area contributed by atoms with E-state index in [1.165, 1.54) is 0 Å². The minimum atomic E-state index is -0.871. The van der Waals surface area contributed by atoms with E-state index in [0.717, 1.165) is 28.1 Å². The maximum atomic E-state index is 11.9. The fourth-order valence-corrected chi connectivity index (χ4v) is 3.63. The summed E-state index contributed by atoms with van der Waals surface area (Å²) < 4.78 is 6.09. The molecule has 7 heteroatoms. The summed E-state index contributed by atoms with van der Waals surface area (Å²) in [6, 6.07) is 9.94. The molecule has 1 N–H and O–H groups in total. The van der Waals surface area contributed by atoms with Crippen molar-refractivity contribution in [3.05, 3.63) is 29.3 Å². The number of carbonyl (C=O) groups excluding carboxylic acids is 2. The number of para-hydroxylation sites is 1. The highest BCUT2D eigenvalue weighted by molar-refractivity contribution is 7.18. The predicted molar refractivity (Wildman–Crippen MR) is 93.8 cm³/mol. The van der Waals surface area contributed by atoms with E-state index in [4.69, 9.17) is 4.74 Å². The van der Waals surface area contributed by atoms with Crippen molar-refractivity contribution in [1.29, 1.82) is 5.26 Å². The second kappa shape index (κ2) is 7.19. The van der Waals surface area contributed by atoms with Gasteiger partial charge in [-0.05, 0) is 37.8 Å². The fraction of sp³-hybridized carbons (Fsp3) is 0.444. The molecule has 3 rings (SSSR count). The smallest absolute Gasteiger partial charge is 0.306 e. The number of rotatable bonds is 7. The molecule has 0 unspecified atom stereocenters. The normalized spacial score (nSPS) is 16.0. The molecule has 130 valence electrons. The van der Waals surface area contributed by atoms with Crippen LogP contribution in [0.3, 0.4) is 0 Å². The van der Waals surface area contributed by atoms with Crippen LogP contribution < -0.4 is 5.32 Å². The number of hydrogen-bond acceptors (Lipinski definition) is 6. The van der Waals surface area contributed by atoms with Crippen molar-refractivity contribution in [3.63, 3.8) is 0 Å². The third-order valence-corrected chi connectivity index (χ3v) is 5.37. The van der Waals surface area contributed by atoms with Crippen LogP contribution in [0.25, 0.3) is 10.2 Å². The van der Waals surface area contributed by atoms with Crippen LogP contribution in [0.5, 0.6) is 0 Å². The predicted octanol–water partition coefficient (Wildman–Crippen LogP) is 2.58. The quantitative estimate of drug-likeness (QED) is 0.769. The van der Waals surface area contributed by atoms with Gasteiger partial charge in [-0.3, -0.25) is 9.59 Å². The molecule has 6 nitrogen and oxygen atoms in total. The number of amides is 1. The Bertz CT molecular complexity index is 804. The number of thiazole rings is 1. The summed E-state index contributed by atoms with van der Waals surface area (Å²) in [6.07, 6.45) is 2.53. The first kappa shape index (κ1) is 17.4. The summed E-state index contributed by atoms with van der Waals surface area (Å²) in [7, 11) is 0. The van der Waals surface area contributed by atoms with Gasteiger partial charge in [0.15, 0.2) is 6.61 Å². The number of nitriles is 1. The first-order valence-electron chi connectivity index (χ1n) is 8.22. The number of aromatic nitrogens is 1. The number of nitrogens with zero attached hydrogens (tertiary/aromatic N) is 2. The van der Waals surface area contributed by atoms with Crippen molar-refractivity contribution in [1.82, 2.24) is 10.3 Å². The lowest BCUT2D eigenvalue weighted by Gasteiger charge is -2.22. The van der Waals surface area contributed by atoms with E-state index in [9.17, 15) is 14.9 Å². The number of benzene rings is 1. The molecule has 25 heavy (non-hydrogen) atoms. The van der Waals surface area contributed by atoms with Crippen LogP contribution in [0.15, 0.2) is 24.3 Å². The summed E-state index contributed by atoms with van der Waals surface area (Å²) >= 11 is 1.55. The van der Waals surface area contributed by atoms with Crippen LogP contribution in [-0.4, -0.2) is 29.0 Å². The van der Waals surface area contributed by atoms with Crippen LogP contribution in [0.2, 0.25) is 0 Å². The van der Waals surface area contributed by atoms with E-state index in [1.807, 2.05) is 24.3 Å². The van der Waals surface area contributed by atoms with Crippen molar-refractivity contribution in [2.75, 3.05) is 6.61 Å². The molecule has 1 atom stereocenters. The number of ether oxygens (including phenoxy) is 1. The standard InChI is InChI=1S/C18H19N3O3S/c1-18(11-19,12-6-7-12)21-15(22)10-24-17(23)9-8-16-20-13-4-2-3-5-14(13)25-16/h2-5,12H,6-10H2,1H3,(H,21,22)/t18-/m1/s1. The van der Waals surface area contributed by atoms with Crippen molar-refractivity contribution < 1.29 is 14.3 Å². The molecule has 1 heterocycles. The Labute approximate surface area is 149 Å². The van der Waals surface area contributed by atoms with Gasteiger partial charge in [-0.1, -0.05) is 12.1 Å². The molecule has 1 saturated carbocycles. The maximum absolute atomic E-state index is 11.9. The van der Waals surface area contributed by atoms with Gasteiger partial charge in [-0.15, -0.1) is 11.3 Å². The second-order valence-electron chi connectivity index (χ2n) is 6.37. The Morgan fingerprint density at radius 2 is 2.20 bits per heavy atom. The van der Waals surface area contributed by atoms with Crippen LogP contribution in [0.1, 0.15) is 31.2 Å². The molecule has 1 fully saturated rings. The van der Waals surface area contributed by atoms with Crippen molar-refractivity contribution >= 4 is 33.4 Å². The number of aryl methyl sites for hydroxylation is 1. The van der Waals surface area contributed by atoms with Crippen LogP contribution >= 0.6 is 11.3 Å². The van der Waals surface area contributed by atoms with Gasteiger partial charge >= 0.3 is 5.97 Å². The zero-order valence-corrected chi connectivity index (χ0v) is 14.8. The van der Waals surface area contributed by atoms with Crippen LogP contribution in [0, 0.1) is 17.2 Å². The molecule has 1 aromatic heterocycles. The monoisotopic (exact) mass is 357 g/mol. The lowest BCUT2D eigenvalue weighted by atomic mass is 9.98. The molecule has 1 aromatic carbocycles. The highest BCUT2D eigenvalue weighted by Crippen LogP contribution is 2.39. The number of hydrogen-bond donors (Lipinski definition) is 1. The molecular formula is C18H19N3O3S.